The molecule has 2 aromatic carbocycles. The van der Waals surface area contributed by atoms with Crippen molar-refractivity contribution in [3.8, 4) is 0 Å². The first-order valence-corrected chi connectivity index (χ1v) is 10.4. The molecule has 0 aliphatic rings. The van der Waals surface area contributed by atoms with E-state index in [2.05, 4.69) is 57.2 Å². The molecule has 3 rings (SSSR count). The van der Waals surface area contributed by atoms with Gasteiger partial charge in [0.15, 0.2) is 5.96 Å². The summed E-state index contributed by atoms with van der Waals surface area (Å²) in [7, 11) is 1.72. The number of H-pyrrole nitrogens is 1. The van der Waals surface area contributed by atoms with Crippen LogP contribution < -0.4 is 16.0 Å². The number of aromatic amines is 1. The van der Waals surface area contributed by atoms with Gasteiger partial charge in [-0.15, -0.1) is 0 Å². The smallest absolute Gasteiger partial charge is 0.226 e. The lowest BCUT2D eigenvalue weighted by molar-refractivity contribution is -0.116. The summed E-state index contributed by atoms with van der Waals surface area (Å²) in [6.07, 6.45) is 3.24. The van der Waals surface area contributed by atoms with Crippen molar-refractivity contribution in [3.63, 3.8) is 0 Å². The Hall–Kier alpha value is -2.99. The third-order valence-electron chi connectivity index (χ3n) is 4.88. The van der Waals surface area contributed by atoms with Crippen molar-refractivity contribution in [1.82, 2.24) is 15.6 Å². The average molecular weight is 426 g/mol. The van der Waals surface area contributed by atoms with E-state index in [1.54, 1.807) is 7.05 Å². The summed E-state index contributed by atoms with van der Waals surface area (Å²) in [5.74, 6) is 0.574. The van der Waals surface area contributed by atoms with Crippen LogP contribution in [0.25, 0.3) is 10.9 Å². The quantitative estimate of drug-likeness (QED) is 0.338. The highest BCUT2D eigenvalue weighted by Crippen LogP contribution is 2.22. The number of benzene rings is 2. The average Bonchev–Trinajstić information content (AvgIpc) is 3.11. The fraction of sp³-hybridized carbons (Fsp3) is 0.304. The van der Waals surface area contributed by atoms with E-state index in [4.69, 9.17) is 11.6 Å². The van der Waals surface area contributed by atoms with Gasteiger partial charge < -0.3 is 20.9 Å². The summed E-state index contributed by atoms with van der Waals surface area (Å²) in [6, 6.07) is 12.0. The van der Waals surface area contributed by atoms with Crippen molar-refractivity contribution in [2.24, 2.45) is 4.99 Å². The maximum Gasteiger partial charge on any atom is 0.226 e. The molecule has 0 radical (unpaired) electrons. The van der Waals surface area contributed by atoms with Crippen molar-refractivity contribution in [2.45, 2.75) is 26.7 Å². The van der Waals surface area contributed by atoms with Crippen molar-refractivity contribution in [1.29, 1.82) is 0 Å². The number of anilines is 1. The minimum Gasteiger partial charge on any atom is -0.361 e. The van der Waals surface area contributed by atoms with E-state index in [0.29, 0.717) is 29.6 Å². The van der Waals surface area contributed by atoms with Crippen LogP contribution in [-0.4, -0.2) is 37.0 Å². The number of aryl methyl sites for hydroxylation is 2. The number of nitrogens with one attached hydrogen (secondary N) is 4. The number of hydrogen-bond acceptors (Lipinski definition) is 2. The second kappa shape index (κ2) is 10.2. The van der Waals surface area contributed by atoms with E-state index in [9.17, 15) is 4.79 Å². The highest BCUT2D eigenvalue weighted by molar-refractivity contribution is 6.33. The second-order valence-electron chi connectivity index (χ2n) is 7.32. The minimum absolute atomic E-state index is 0.0993. The van der Waals surface area contributed by atoms with Gasteiger partial charge in [0.05, 0.1) is 10.7 Å². The molecular formula is C23H28ClN5O. The molecule has 0 saturated carbocycles. The molecule has 158 valence electrons. The molecule has 4 N–H and O–H groups in total. The molecule has 0 saturated heterocycles. The zero-order valence-electron chi connectivity index (χ0n) is 17.6. The van der Waals surface area contributed by atoms with Gasteiger partial charge in [0.1, 0.15) is 0 Å². The molecule has 30 heavy (non-hydrogen) atoms. The summed E-state index contributed by atoms with van der Waals surface area (Å²) in [5, 5.41) is 11.1. The molecular weight excluding hydrogens is 398 g/mol. The molecule has 7 heteroatoms. The summed E-state index contributed by atoms with van der Waals surface area (Å²) in [5.41, 5.74) is 5.35. The molecule has 0 spiro atoms. The normalized spacial score (nSPS) is 11.5. The fourth-order valence-corrected chi connectivity index (χ4v) is 3.55. The highest BCUT2D eigenvalue weighted by atomic mass is 35.5. The van der Waals surface area contributed by atoms with Crippen LogP contribution in [0.5, 0.6) is 0 Å². The van der Waals surface area contributed by atoms with Gasteiger partial charge in [-0.2, -0.15) is 0 Å². The van der Waals surface area contributed by atoms with Crippen molar-refractivity contribution in [3.05, 3.63) is 64.3 Å². The van der Waals surface area contributed by atoms with Crippen LogP contribution in [0.3, 0.4) is 0 Å². The number of halogens is 1. The molecule has 0 aliphatic heterocycles. The molecule has 1 aromatic heterocycles. The van der Waals surface area contributed by atoms with Crippen LogP contribution in [0, 0.1) is 13.8 Å². The molecule has 0 unspecified atom stereocenters. The molecule has 1 amide bonds. The van der Waals surface area contributed by atoms with Gasteiger partial charge in [0, 0.05) is 43.7 Å². The predicted molar refractivity (Wildman–Crippen MR) is 126 cm³/mol. The molecule has 0 fully saturated rings. The largest absolute Gasteiger partial charge is 0.361 e. The first-order chi connectivity index (χ1) is 14.5. The Morgan fingerprint density at radius 3 is 2.57 bits per heavy atom. The number of carbonyl (C=O) groups excluding carboxylic acids is 1. The predicted octanol–water partition coefficient (Wildman–Crippen LogP) is 4.17. The number of aromatic nitrogens is 1. The monoisotopic (exact) mass is 425 g/mol. The standard InChI is InChI=1S/C23H28ClN5O/c1-15-5-7-20(19(24)12-15)29-22(30)9-11-27-23(25-3)26-10-8-17-14-28-21-13-16(2)4-6-18(17)21/h4-7,12-14,28H,8-11H2,1-3H3,(H,29,30)(H2,25,26,27). The maximum atomic E-state index is 12.2. The molecule has 1 heterocycles. The maximum absolute atomic E-state index is 12.2. The van der Waals surface area contributed by atoms with E-state index < -0.39 is 0 Å². The van der Waals surface area contributed by atoms with E-state index in [0.717, 1.165) is 24.0 Å². The summed E-state index contributed by atoms with van der Waals surface area (Å²) in [4.78, 5) is 19.7. The Kier molecular flexibility index (Phi) is 7.36. The Bertz CT molecular complexity index is 1060. The summed E-state index contributed by atoms with van der Waals surface area (Å²) >= 11 is 6.16. The Morgan fingerprint density at radius 1 is 1.07 bits per heavy atom. The number of carbonyl (C=O) groups is 1. The number of amides is 1. The summed E-state index contributed by atoms with van der Waals surface area (Å²) < 4.78 is 0. The van der Waals surface area contributed by atoms with Gasteiger partial charge >= 0.3 is 0 Å². The van der Waals surface area contributed by atoms with Gasteiger partial charge in [-0.05, 0) is 55.2 Å². The fourth-order valence-electron chi connectivity index (χ4n) is 3.27. The molecule has 6 nitrogen and oxygen atoms in total. The van der Waals surface area contributed by atoms with Crippen LogP contribution >= 0.6 is 11.6 Å². The van der Waals surface area contributed by atoms with Crippen molar-refractivity contribution < 1.29 is 4.79 Å². The number of guanidine groups is 1. The Morgan fingerprint density at radius 2 is 1.80 bits per heavy atom. The number of aliphatic imine (C=N–C) groups is 1. The van der Waals surface area contributed by atoms with Crippen LogP contribution in [0.4, 0.5) is 5.69 Å². The zero-order valence-corrected chi connectivity index (χ0v) is 18.4. The SMILES string of the molecule is CN=C(NCCC(=O)Nc1ccc(C)cc1Cl)NCCc1c[nH]c2cc(C)ccc12. The topological polar surface area (TPSA) is 81.3 Å². The third-order valence-corrected chi connectivity index (χ3v) is 5.19. The van der Waals surface area contributed by atoms with Crippen molar-refractivity contribution in [2.75, 3.05) is 25.5 Å². The van der Waals surface area contributed by atoms with Gasteiger partial charge in [-0.25, -0.2) is 0 Å². The van der Waals surface area contributed by atoms with E-state index in [1.807, 2.05) is 25.1 Å². The molecule has 0 aliphatic carbocycles. The lowest BCUT2D eigenvalue weighted by atomic mass is 10.1. The van der Waals surface area contributed by atoms with E-state index >= 15 is 0 Å². The van der Waals surface area contributed by atoms with Crippen LogP contribution in [0.15, 0.2) is 47.6 Å². The van der Waals surface area contributed by atoms with Crippen LogP contribution in [0.1, 0.15) is 23.1 Å². The van der Waals surface area contributed by atoms with Gasteiger partial charge in [0.2, 0.25) is 5.91 Å². The van der Waals surface area contributed by atoms with Crippen molar-refractivity contribution >= 4 is 40.1 Å². The zero-order chi connectivity index (χ0) is 21.5. The van der Waals surface area contributed by atoms with E-state index in [1.165, 1.54) is 16.5 Å². The van der Waals surface area contributed by atoms with Gasteiger partial charge in [0.25, 0.3) is 0 Å². The highest BCUT2D eigenvalue weighted by Gasteiger charge is 2.07. The molecule has 0 bridgehead atoms. The lowest BCUT2D eigenvalue weighted by Crippen LogP contribution is -2.39. The van der Waals surface area contributed by atoms with Gasteiger partial charge in [-0.1, -0.05) is 29.8 Å². The Balaban J connectivity index is 1.41. The third kappa shape index (κ3) is 5.76. The number of nitrogens with zero attached hydrogens (tertiary/aromatic N) is 1. The van der Waals surface area contributed by atoms with Crippen LogP contribution in [0.2, 0.25) is 5.02 Å². The Labute approximate surface area is 182 Å². The second-order valence-corrected chi connectivity index (χ2v) is 7.73. The first-order valence-electron chi connectivity index (χ1n) is 10.0. The minimum atomic E-state index is -0.0993. The first kappa shape index (κ1) is 21.7. The van der Waals surface area contributed by atoms with E-state index in [-0.39, 0.29) is 5.91 Å². The number of hydrogen-bond donors (Lipinski definition) is 4. The molecule has 3 aromatic rings. The lowest BCUT2D eigenvalue weighted by Gasteiger charge is -2.12. The number of rotatable bonds is 7. The molecule has 0 atom stereocenters. The van der Waals surface area contributed by atoms with Gasteiger partial charge in [-0.3, -0.25) is 9.79 Å². The number of fused-ring (bicyclic) bond motifs is 1. The summed E-state index contributed by atoms with van der Waals surface area (Å²) in [6.45, 7) is 5.26. The van der Waals surface area contributed by atoms with Crippen LogP contribution in [-0.2, 0) is 11.2 Å².